The molecule has 1 aliphatic rings. The Labute approximate surface area is 91.9 Å². The van der Waals surface area contributed by atoms with Crippen LogP contribution in [0, 0.1) is 0 Å². The van der Waals surface area contributed by atoms with Gasteiger partial charge < -0.3 is 9.88 Å². The van der Waals surface area contributed by atoms with E-state index in [1.165, 1.54) is 31.5 Å². The molecule has 1 atom stereocenters. The lowest BCUT2D eigenvalue weighted by atomic mass is 10.1. The molecule has 1 N–H and O–H groups in total. The van der Waals surface area contributed by atoms with Gasteiger partial charge >= 0.3 is 0 Å². The summed E-state index contributed by atoms with van der Waals surface area (Å²) in [5.74, 6) is 0.566. The van der Waals surface area contributed by atoms with Crippen LogP contribution < -0.4 is 5.32 Å². The minimum Gasteiger partial charge on any atom is -0.330 e. The second-order valence-electron chi connectivity index (χ2n) is 4.73. The van der Waals surface area contributed by atoms with Crippen LogP contribution in [-0.2, 0) is 0 Å². The van der Waals surface area contributed by atoms with Crippen molar-refractivity contribution in [2.45, 2.75) is 45.1 Å². The molecular weight excluding hydrogens is 186 g/mol. The zero-order chi connectivity index (χ0) is 10.7. The monoisotopic (exact) mass is 207 g/mol. The van der Waals surface area contributed by atoms with Gasteiger partial charge in [0, 0.05) is 24.5 Å². The largest absolute Gasteiger partial charge is 0.330 e. The van der Waals surface area contributed by atoms with Crippen molar-refractivity contribution >= 4 is 0 Å². The van der Waals surface area contributed by atoms with E-state index in [0.29, 0.717) is 12.0 Å². The molecule has 1 saturated heterocycles. The third-order valence-electron chi connectivity index (χ3n) is 3.20. The van der Waals surface area contributed by atoms with Gasteiger partial charge in [-0.15, -0.1) is 0 Å². The Hall–Kier alpha value is -0.830. The molecule has 0 saturated carbocycles. The topological polar surface area (TPSA) is 29.9 Å². The van der Waals surface area contributed by atoms with Crippen molar-refractivity contribution in [1.82, 2.24) is 14.9 Å². The van der Waals surface area contributed by atoms with Crippen molar-refractivity contribution in [2.24, 2.45) is 0 Å². The Morgan fingerprint density at radius 2 is 2.33 bits per heavy atom. The van der Waals surface area contributed by atoms with Crippen molar-refractivity contribution in [3.05, 3.63) is 18.2 Å². The summed E-state index contributed by atoms with van der Waals surface area (Å²) >= 11 is 0. The molecule has 0 radical (unpaired) electrons. The van der Waals surface area contributed by atoms with E-state index in [1.807, 2.05) is 12.5 Å². The van der Waals surface area contributed by atoms with E-state index in [1.54, 1.807) is 0 Å². The Morgan fingerprint density at radius 3 is 3.13 bits per heavy atom. The van der Waals surface area contributed by atoms with Gasteiger partial charge in [0.25, 0.3) is 0 Å². The zero-order valence-electron chi connectivity index (χ0n) is 9.74. The molecule has 1 aromatic rings. The third-order valence-corrected chi connectivity index (χ3v) is 3.20. The van der Waals surface area contributed by atoms with Crippen LogP contribution in [0.3, 0.4) is 0 Å². The quantitative estimate of drug-likeness (QED) is 0.806. The fourth-order valence-electron chi connectivity index (χ4n) is 2.31. The summed E-state index contributed by atoms with van der Waals surface area (Å²) in [5.41, 5.74) is 1.36. The maximum Gasteiger partial charge on any atom is 0.0951 e. The van der Waals surface area contributed by atoms with Crippen molar-refractivity contribution in [3.63, 3.8) is 0 Å². The van der Waals surface area contributed by atoms with Crippen LogP contribution in [0.1, 0.15) is 50.8 Å². The van der Waals surface area contributed by atoms with E-state index in [2.05, 4.69) is 28.7 Å². The number of aromatic nitrogens is 2. The highest BCUT2D eigenvalue weighted by molar-refractivity contribution is 5.05. The number of nitrogens with zero attached hydrogens (tertiary/aromatic N) is 2. The number of hydrogen-bond donors (Lipinski definition) is 1. The highest BCUT2D eigenvalue weighted by Crippen LogP contribution is 2.22. The average molecular weight is 207 g/mol. The SMILES string of the molecule is CC(C)c1cncn1C1CCCCNC1. The third kappa shape index (κ3) is 2.40. The highest BCUT2D eigenvalue weighted by Gasteiger charge is 2.17. The maximum atomic E-state index is 4.28. The first-order valence-electron chi connectivity index (χ1n) is 6.01. The predicted octanol–water partition coefficient (Wildman–Crippen LogP) is 2.32. The number of imidazole rings is 1. The molecule has 1 aromatic heterocycles. The molecule has 0 spiro atoms. The lowest BCUT2D eigenvalue weighted by molar-refractivity contribution is 0.443. The van der Waals surface area contributed by atoms with Gasteiger partial charge in [-0.05, 0) is 25.3 Å². The summed E-state index contributed by atoms with van der Waals surface area (Å²) in [5, 5.41) is 3.50. The van der Waals surface area contributed by atoms with Crippen LogP contribution in [0.5, 0.6) is 0 Å². The second-order valence-corrected chi connectivity index (χ2v) is 4.73. The minimum absolute atomic E-state index is 0.566. The lowest BCUT2D eigenvalue weighted by Crippen LogP contribution is -2.24. The van der Waals surface area contributed by atoms with Crippen molar-refractivity contribution in [3.8, 4) is 0 Å². The molecule has 0 aromatic carbocycles. The maximum absolute atomic E-state index is 4.28. The number of hydrogen-bond acceptors (Lipinski definition) is 2. The lowest BCUT2D eigenvalue weighted by Gasteiger charge is -2.20. The Kier molecular flexibility index (Phi) is 3.41. The molecule has 2 rings (SSSR count). The molecule has 0 amide bonds. The fraction of sp³-hybridized carbons (Fsp3) is 0.750. The highest BCUT2D eigenvalue weighted by atomic mass is 15.1. The van der Waals surface area contributed by atoms with Crippen LogP contribution in [0.15, 0.2) is 12.5 Å². The summed E-state index contributed by atoms with van der Waals surface area (Å²) in [4.78, 5) is 4.28. The Bertz CT molecular complexity index is 296. The molecule has 3 heteroatoms. The normalized spacial score (nSPS) is 23.0. The van der Waals surface area contributed by atoms with E-state index in [-0.39, 0.29) is 0 Å². The Morgan fingerprint density at radius 1 is 1.47 bits per heavy atom. The average Bonchev–Trinajstić information content (AvgIpc) is 2.55. The van der Waals surface area contributed by atoms with Gasteiger partial charge in [-0.1, -0.05) is 20.3 Å². The zero-order valence-corrected chi connectivity index (χ0v) is 9.74. The smallest absolute Gasteiger partial charge is 0.0951 e. The first-order chi connectivity index (χ1) is 7.29. The molecule has 3 nitrogen and oxygen atoms in total. The molecule has 1 unspecified atom stereocenters. The van der Waals surface area contributed by atoms with Crippen molar-refractivity contribution < 1.29 is 0 Å². The standard InChI is InChI=1S/C12H21N3/c1-10(2)12-8-14-9-15(12)11-5-3-4-6-13-7-11/h8-11,13H,3-7H2,1-2H3. The van der Waals surface area contributed by atoms with Gasteiger partial charge in [-0.3, -0.25) is 0 Å². The number of nitrogens with one attached hydrogen (secondary N) is 1. The molecule has 15 heavy (non-hydrogen) atoms. The van der Waals surface area contributed by atoms with Crippen molar-refractivity contribution in [1.29, 1.82) is 0 Å². The molecule has 2 heterocycles. The first-order valence-corrected chi connectivity index (χ1v) is 6.01. The second kappa shape index (κ2) is 4.79. The molecular formula is C12H21N3. The summed E-state index contributed by atoms with van der Waals surface area (Å²) in [7, 11) is 0. The van der Waals surface area contributed by atoms with Crippen LogP contribution in [0.25, 0.3) is 0 Å². The van der Waals surface area contributed by atoms with E-state index in [4.69, 9.17) is 0 Å². The van der Waals surface area contributed by atoms with Crippen LogP contribution in [0.2, 0.25) is 0 Å². The molecule has 0 aliphatic carbocycles. The summed E-state index contributed by atoms with van der Waals surface area (Å²) < 4.78 is 2.36. The van der Waals surface area contributed by atoms with Gasteiger partial charge in [0.2, 0.25) is 0 Å². The molecule has 0 bridgehead atoms. The van der Waals surface area contributed by atoms with Crippen LogP contribution in [0.4, 0.5) is 0 Å². The summed E-state index contributed by atoms with van der Waals surface area (Å²) in [6.07, 6.45) is 7.92. The van der Waals surface area contributed by atoms with E-state index in [9.17, 15) is 0 Å². The number of rotatable bonds is 2. The molecule has 1 aliphatic heterocycles. The predicted molar refractivity (Wildman–Crippen MR) is 62.1 cm³/mol. The molecule has 1 fully saturated rings. The van der Waals surface area contributed by atoms with E-state index < -0.39 is 0 Å². The van der Waals surface area contributed by atoms with Gasteiger partial charge in [0.1, 0.15) is 0 Å². The minimum atomic E-state index is 0.566. The van der Waals surface area contributed by atoms with E-state index >= 15 is 0 Å². The van der Waals surface area contributed by atoms with Gasteiger partial charge in [-0.25, -0.2) is 4.98 Å². The fourth-order valence-corrected chi connectivity index (χ4v) is 2.31. The Balaban J connectivity index is 2.15. The van der Waals surface area contributed by atoms with Gasteiger partial charge in [0.05, 0.1) is 6.33 Å². The van der Waals surface area contributed by atoms with Crippen LogP contribution >= 0.6 is 0 Å². The summed E-state index contributed by atoms with van der Waals surface area (Å²) in [6, 6.07) is 0.604. The van der Waals surface area contributed by atoms with Crippen molar-refractivity contribution in [2.75, 3.05) is 13.1 Å². The van der Waals surface area contributed by atoms with Gasteiger partial charge in [-0.2, -0.15) is 0 Å². The summed E-state index contributed by atoms with van der Waals surface area (Å²) in [6.45, 7) is 6.73. The molecule has 84 valence electrons. The van der Waals surface area contributed by atoms with Gasteiger partial charge in [0.15, 0.2) is 0 Å². The van der Waals surface area contributed by atoms with E-state index in [0.717, 1.165) is 6.54 Å². The van der Waals surface area contributed by atoms with Crippen LogP contribution in [-0.4, -0.2) is 22.6 Å². The first kappa shape index (κ1) is 10.7.